The van der Waals surface area contributed by atoms with Crippen molar-refractivity contribution in [3.63, 3.8) is 0 Å². The summed E-state index contributed by atoms with van der Waals surface area (Å²) < 4.78 is 6.33. The van der Waals surface area contributed by atoms with Gasteiger partial charge in [-0.25, -0.2) is 0 Å². The Balaban J connectivity index is 1.59. The van der Waals surface area contributed by atoms with Gasteiger partial charge in [-0.05, 0) is 92.4 Å². The molecule has 1 fully saturated rings. The molecule has 1 aromatic rings. The van der Waals surface area contributed by atoms with Gasteiger partial charge in [0.2, 0.25) is 0 Å². The maximum atomic E-state index is 9.54. The first-order chi connectivity index (χ1) is 12.2. The monoisotopic (exact) mass is 359 g/mol. The quantitative estimate of drug-likeness (QED) is 0.833. The Hall–Kier alpha value is -1.06. The number of nitrogens with two attached hydrogens (primary N) is 1. The van der Waals surface area contributed by atoms with Gasteiger partial charge in [0, 0.05) is 5.54 Å². The van der Waals surface area contributed by atoms with Gasteiger partial charge in [0.25, 0.3) is 0 Å². The van der Waals surface area contributed by atoms with Crippen molar-refractivity contribution in [2.24, 2.45) is 23.0 Å². The molecule has 0 aliphatic heterocycles. The van der Waals surface area contributed by atoms with Crippen molar-refractivity contribution in [1.82, 2.24) is 0 Å². The SMILES string of the molecule is CC(C)(C)C1CCC(Oc2ccc3c(c2)CC[C@@H]([C@@](C)(N)CO)C3)CC1. The van der Waals surface area contributed by atoms with Crippen LogP contribution >= 0.6 is 0 Å². The zero-order chi connectivity index (χ0) is 18.9. The molecule has 2 aliphatic carbocycles. The molecule has 3 N–H and O–H groups in total. The van der Waals surface area contributed by atoms with Crippen molar-refractivity contribution in [1.29, 1.82) is 0 Å². The summed E-state index contributed by atoms with van der Waals surface area (Å²) in [5, 5.41) is 9.54. The van der Waals surface area contributed by atoms with Gasteiger partial charge in [-0.3, -0.25) is 0 Å². The highest BCUT2D eigenvalue weighted by Gasteiger charge is 2.33. The molecule has 1 saturated carbocycles. The van der Waals surface area contributed by atoms with Crippen LogP contribution in [0.15, 0.2) is 18.2 Å². The lowest BCUT2D eigenvalue weighted by Gasteiger charge is -2.37. The zero-order valence-electron chi connectivity index (χ0n) is 17.1. The summed E-state index contributed by atoms with van der Waals surface area (Å²) in [5.74, 6) is 2.19. The van der Waals surface area contributed by atoms with Gasteiger partial charge in [-0.2, -0.15) is 0 Å². The number of fused-ring (bicyclic) bond motifs is 1. The van der Waals surface area contributed by atoms with E-state index in [1.54, 1.807) is 0 Å². The largest absolute Gasteiger partial charge is 0.490 e. The van der Waals surface area contributed by atoms with E-state index in [9.17, 15) is 5.11 Å². The van der Waals surface area contributed by atoms with Crippen LogP contribution in [0.25, 0.3) is 0 Å². The third kappa shape index (κ3) is 4.43. The number of rotatable bonds is 4. The fourth-order valence-corrected chi connectivity index (χ4v) is 4.74. The second-order valence-electron chi connectivity index (χ2n) is 9.99. The molecule has 0 amide bonds. The minimum absolute atomic E-state index is 0.0471. The molecule has 0 bridgehead atoms. The molecule has 0 radical (unpaired) electrons. The molecule has 0 saturated heterocycles. The first kappa shape index (κ1) is 19.7. The van der Waals surface area contributed by atoms with Crippen LogP contribution in [0.2, 0.25) is 0 Å². The first-order valence-corrected chi connectivity index (χ1v) is 10.4. The fraction of sp³-hybridized carbons (Fsp3) is 0.739. The maximum absolute atomic E-state index is 9.54. The van der Waals surface area contributed by atoms with E-state index in [4.69, 9.17) is 10.5 Å². The van der Waals surface area contributed by atoms with Crippen LogP contribution in [0.3, 0.4) is 0 Å². The molecule has 0 aromatic heterocycles. The average molecular weight is 360 g/mol. The molecule has 0 unspecified atom stereocenters. The molecule has 3 rings (SSSR count). The highest BCUT2D eigenvalue weighted by molar-refractivity contribution is 5.38. The molecule has 0 spiro atoms. The lowest BCUT2D eigenvalue weighted by molar-refractivity contribution is 0.0880. The Morgan fingerprint density at radius 3 is 2.31 bits per heavy atom. The average Bonchev–Trinajstić information content (AvgIpc) is 2.61. The van der Waals surface area contributed by atoms with Crippen molar-refractivity contribution in [2.75, 3.05) is 6.61 Å². The van der Waals surface area contributed by atoms with Gasteiger partial charge in [0.15, 0.2) is 0 Å². The molecular weight excluding hydrogens is 322 g/mol. The molecule has 26 heavy (non-hydrogen) atoms. The highest BCUT2D eigenvalue weighted by Crippen LogP contribution is 2.39. The summed E-state index contributed by atoms with van der Waals surface area (Å²) in [4.78, 5) is 0. The van der Waals surface area contributed by atoms with E-state index < -0.39 is 5.54 Å². The van der Waals surface area contributed by atoms with Crippen molar-refractivity contribution in [2.45, 2.75) is 84.3 Å². The number of aliphatic hydroxyl groups excluding tert-OH is 1. The molecule has 3 heteroatoms. The van der Waals surface area contributed by atoms with Gasteiger partial charge >= 0.3 is 0 Å². The van der Waals surface area contributed by atoms with E-state index in [0.717, 1.165) is 30.9 Å². The van der Waals surface area contributed by atoms with Gasteiger partial charge in [-0.1, -0.05) is 26.8 Å². The summed E-state index contributed by atoms with van der Waals surface area (Å²) in [6, 6.07) is 6.59. The molecular formula is C23H37NO2. The minimum atomic E-state index is -0.488. The number of ether oxygens (including phenoxy) is 1. The van der Waals surface area contributed by atoms with E-state index in [1.807, 2.05) is 6.92 Å². The standard InChI is InChI=1S/C23H37NO2/c1-22(2,3)18-8-11-20(12-9-18)26-21-10-6-16-13-19(23(4,24)15-25)7-5-17(16)14-21/h6,10,14,18-20,25H,5,7-9,11-13,15,24H2,1-4H3/t18?,19-,20?,23+/m1/s1. The van der Waals surface area contributed by atoms with Gasteiger partial charge in [-0.15, -0.1) is 0 Å². The topological polar surface area (TPSA) is 55.5 Å². The van der Waals surface area contributed by atoms with Gasteiger partial charge in [0.1, 0.15) is 5.75 Å². The molecule has 3 nitrogen and oxygen atoms in total. The number of hydrogen-bond donors (Lipinski definition) is 2. The summed E-state index contributed by atoms with van der Waals surface area (Å²) in [6.45, 7) is 9.09. The van der Waals surface area contributed by atoms with Crippen LogP contribution in [0.4, 0.5) is 0 Å². The second-order valence-corrected chi connectivity index (χ2v) is 9.99. The first-order valence-electron chi connectivity index (χ1n) is 10.4. The summed E-state index contributed by atoms with van der Waals surface area (Å²) in [6.07, 6.45) is 8.28. The molecule has 1 aromatic carbocycles. The number of aryl methyl sites for hydroxylation is 1. The van der Waals surface area contributed by atoms with E-state index in [1.165, 1.54) is 36.8 Å². The van der Waals surface area contributed by atoms with E-state index in [0.29, 0.717) is 17.4 Å². The summed E-state index contributed by atoms with van der Waals surface area (Å²) in [7, 11) is 0. The van der Waals surface area contributed by atoms with Crippen LogP contribution in [0.5, 0.6) is 5.75 Å². The molecule has 0 heterocycles. The maximum Gasteiger partial charge on any atom is 0.120 e. The Morgan fingerprint density at radius 2 is 1.69 bits per heavy atom. The van der Waals surface area contributed by atoms with E-state index >= 15 is 0 Å². The van der Waals surface area contributed by atoms with Gasteiger partial charge in [0.05, 0.1) is 12.7 Å². The van der Waals surface area contributed by atoms with Crippen molar-refractivity contribution in [3.05, 3.63) is 29.3 Å². The Labute approximate surface area is 159 Å². The summed E-state index contributed by atoms with van der Waals surface area (Å²) >= 11 is 0. The van der Waals surface area contributed by atoms with Crippen LogP contribution in [0, 0.1) is 17.3 Å². The fourth-order valence-electron chi connectivity index (χ4n) is 4.74. The normalized spacial score (nSPS) is 28.9. The van der Waals surface area contributed by atoms with Gasteiger partial charge < -0.3 is 15.6 Å². The smallest absolute Gasteiger partial charge is 0.120 e. The number of benzene rings is 1. The lowest BCUT2D eigenvalue weighted by Crippen LogP contribution is -2.49. The minimum Gasteiger partial charge on any atom is -0.490 e. The highest BCUT2D eigenvalue weighted by atomic mass is 16.5. The van der Waals surface area contributed by atoms with Crippen molar-refractivity contribution < 1.29 is 9.84 Å². The van der Waals surface area contributed by atoms with Crippen molar-refractivity contribution >= 4 is 0 Å². The third-order valence-corrected chi connectivity index (χ3v) is 6.88. The molecule has 2 aliphatic rings. The lowest BCUT2D eigenvalue weighted by atomic mass is 9.72. The Bertz CT molecular complexity index is 609. The van der Waals surface area contributed by atoms with Crippen LogP contribution in [-0.4, -0.2) is 23.4 Å². The molecule has 146 valence electrons. The van der Waals surface area contributed by atoms with E-state index in [-0.39, 0.29) is 6.61 Å². The predicted octanol–water partition coefficient (Wildman–Crippen LogP) is 4.48. The van der Waals surface area contributed by atoms with Crippen LogP contribution < -0.4 is 10.5 Å². The van der Waals surface area contributed by atoms with Crippen LogP contribution in [-0.2, 0) is 12.8 Å². The number of hydrogen-bond acceptors (Lipinski definition) is 3. The van der Waals surface area contributed by atoms with Crippen LogP contribution in [0.1, 0.15) is 70.9 Å². The third-order valence-electron chi connectivity index (χ3n) is 6.88. The predicted molar refractivity (Wildman–Crippen MR) is 107 cm³/mol. The van der Waals surface area contributed by atoms with Crippen molar-refractivity contribution in [3.8, 4) is 5.75 Å². The second kappa shape index (κ2) is 7.52. The Morgan fingerprint density at radius 1 is 1.00 bits per heavy atom. The number of aliphatic hydroxyl groups is 1. The zero-order valence-corrected chi connectivity index (χ0v) is 17.1. The Kier molecular flexibility index (Phi) is 5.69. The van der Waals surface area contributed by atoms with E-state index in [2.05, 4.69) is 39.0 Å². The molecule has 2 atom stereocenters. The summed E-state index contributed by atoms with van der Waals surface area (Å²) in [5.41, 5.74) is 8.97.